The third-order valence-electron chi connectivity index (χ3n) is 3.43. The highest BCUT2D eigenvalue weighted by Crippen LogP contribution is 2.49. The molecule has 1 saturated carbocycles. The summed E-state index contributed by atoms with van der Waals surface area (Å²) in [6.07, 6.45) is -1.15. The van der Waals surface area contributed by atoms with E-state index in [1.54, 1.807) is 0 Å². The van der Waals surface area contributed by atoms with Crippen LogP contribution in [0.15, 0.2) is 24.4 Å². The molecule has 0 amide bonds. The molecule has 1 heterocycles. The predicted molar refractivity (Wildman–Crippen MR) is 56.1 cm³/mol. The molecule has 5 heteroatoms. The average molecular weight is 245 g/mol. The second-order valence-electron chi connectivity index (χ2n) is 4.46. The minimum Gasteiger partial charge on any atom is -0.375 e. The number of hydrogen-bond donors (Lipinski definition) is 1. The number of aromatic nitrogens is 1. The van der Waals surface area contributed by atoms with Gasteiger partial charge in [-0.3, -0.25) is 4.98 Å². The highest BCUT2D eigenvalue weighted by Gasteiger charge is 2.60. The van der Waals surface area contributed by atoms with Crippen molar-refractivity contribution in [2.75, 3.05) is 0 Å². The Labute approximate surface area is 97.5 Å². The molecule has 0 spiro atoms. The van der Waals surface area contributed by atoms with Gasteiger partial charge in [-0.05, 0) is 25.0 Å². The van der Waals surface area contributed by atoms with Gasteiger partial charge >= 0.3 is 6.18 Å². The van der Waals surface area contributed by atoms with Gasteiger partial charge in [0, 0.05) is 12.1 Å². The zero-order valence-corrected chi connectivity index (χ0v) is 9.24. The highest BCUT2D eigenvalue weighted by atomic mass is 19.4. The van der Waals surface area contributed by atoms with Gasteiger partial charge in [-0.25, -0.2) is 0 Å². The van der Waals surface area contributed by atoms with Gasteiger partial charge in [0.1, 0.15) is 0 Å². The van der Waals surface area contributed by atoms with Crippen molar-refractivity contribution in [3.8, 4) is 0 Å². The van der Waals surface area contributed by atoms with Gasteiger partial charge in [-0.2, -0.15) is 13.2 Å². The highest BCUT2D eigenvalue weighted by molar-refractivity contribution is 5.17. The largest absolute Gasteiger partial charge is 0.423 e. The summed E-state index contributed by atoms with van der Waals surface area (Å²) in [6, 6.07) is 4.24. The molecule has 2 nitrogen and oxygen atoms in total. The van der Waals surface area contributed by atoms with Crippen LogP contribution in [-0.2, 0) is 5.60 Å². The van der Waals surface area contributed by atoms with Crippen molar-refractivity contribution in [2.24, 2.45) is 5.92 Å². The molecule has 94 valence electrons. The molecular weight excluding hydrogens is 231 g/mol. The number of nitrogens with zero attached hydrogens (tertiary/aromatic N) is 1. The number of rotatable bonds is 2. The lowest BCUT2D eigenvalue weighted by Gasteiger charge is -2.35. The van der Waals surface area contributed by atoms with E-state index in [4.69, 9.17) is 0 Å². The summed E-state index contributed by atoms with van der Waals surface area (Å²) in [7, 11) is 0. The van der Waals surface area contributed by atoms with Gasteiger partial charge in [0.05, 0.1) is 5.69 Å². The van der Waals surface area contributed by atoms with E-state index in [-0.39, 0.29) is 5.69 Å². The van der Waals surface area contributed by atoms with E-state index >= 15 is 0 Å². The average Bonchev–Trinajstić information content (AvgIpc) is 2.81. The van der Waals surface area contributed by atoms with Crippen molar-refractivity contribution in [1.82, 2.24) is 4.98 Å². The summed E-state index contributed by atoms with van der Waals surface area (Å²) >= 11 is 0. The van der Waals surface area contributed by atoms with E-state index < -0.39 is 17.7 Å². The van der Waals surface area contributed by atoms with Crippen molar-refractivity contribution in [3.05, 3.63) is 30.1 Å². The molecule has 1 atom stereocenters. The Kier molecular flexibility index (Phi) is 3.12. The Balaban J connectivity index is 2.44. The van der Waals surface area contributed by atoms with Gasteiger partial charge in [0.15, 0.2) is 0 Å². The van der Waals surface area contributed by atoms with Crippen molar-refractivity contribution in [2.45, 2.75) is 37.5 Å². The zero-order chi connectivity index (χ0) is 12.5. The van der Waals surface area contributed by atoms with E-state index in [1.165, 1.54) is 24.4 Å². The summed E-state index contributed by atoms with van der Waals surface area (Å²) in [4.78, 5) is 3.69. The lowest BCUT2D eigenvalue weighted by Crippen LogP contribution is -2.48. The first kappa shape index (κ1) is 12.4. The molecule has 1 aromatic rings. The van der Waals surface area contributed by atoms with E-state index in [0.29, 0.717) is 12.8 Å². The summed E-state index contributed by atoms with van der Waals surface area (Å²) in [5.74, 6) is -0.780. The van der Waals surface area contributed by atoms with Crippen LogP contribution in [0.2, 0.25) is 0 Å². The van der Waals surface area contributed by atoms with Gasteiger partial charge in [-0.15, -0.1) is 0 Å². The van der Waals surface area contributed by atoms with E-state index in [1.807, 2.05) is 0 Å². The third kappa shape index (κ3) is 2.04. The lowest BCUT2D eigenvalue weighted by molar-refractivity contribution is -0.288. The molecule has 1 aliphatic carbocycles. The molecule has 0 radical (unpaired) electrons. The molecule has 1 unspecified atom stereocenters. The van der Waals surface area contributed by atoms with Crippen LogP contribution in [-0.4, -0.2) is 16.3 Å². The third-order valence-corrected chi connectivity index (χ3v) is 3.43. The summed E-state index contributed by atoms with van der Waals surface area (Å²) in [5, 5.41) is 10.1. The standard InChI is InChI=1S/C12H14F3NO/c13-12(14,15)11(17,9-5-1-2-6-9)10-7-3-4-8-16-10/h3-4,7-9,17H,1-2,5-6H2. The van der Waals surface area contributed by atoms with Crippen molar-refractivity contribution in [3.63, 3.8) is 0 Å². The lowest BCUT2D eigenvalue weighted by atomic mass is 9.82. The molecule has 1 aromatic heterocycles. The second kappa shape index (κ2) is 4.29. The Hall–Kier alpha value is -1.10. The Morgan fingerprint density at radius 3 is 2.29 bits per heavy atom. The van der Waals surface area contributed by atoms with Crippen LogP contribution < -0.4 is 0 Å². The Bertz CT molecular complexity index is 373. The summed E-state index contributed by atoms with van der Waals surface area (Å²) < 4.78 is 39.5. The molecule has 1 N–H and O–H groups in total. The topological polar surface area (TPSA) is 33.1 Å². The minimum atomic E-state index is -4.68. The van der Waals surface area contributed by atoms with Crippen molar-refractivity contribution in [1.29, 1.82) is 0 Å². The molecular formula is C12H14F3NO. The SMILES string of the molecule is OC(c1ccccn1)(C1CCCC1)C(F)(F)F. The monoisotopic (exact) mass is 245 g/mol. The molecule has 0 aromatic carbocycles. The van der Waals surface area contributed by atoms with E-state index in [2.05, 4.69) is 4.98 Å². The number of hydrogen-bond acceptors (Lipinski definition) is 2. The van der Waals surface area contributed by atoms with Crippen molar-refractivity contribution < 1.29 is 18.3 Å². The fourth-order valence-corrected chi connectivity index (χ4v) is 2.52. The van der Waals surface area contributed by atoms with Crippen molar-refractivity contribution >= 4 is 0 Å². The van der Waals surface area contributed by atoms with Crippen LogP contribution in [0.4, 0.5) is 13.2 Å². The number of aliphatic hydroxyl groups is 1. The minimum absolute atomic E-state index is 0.292. The Morgan fingerprint density at radius 2 is 1.82 bits per heavy atom. The van der Waals surface area contributed by atoms with Crippen LogP contribution in [0, 0.1) is 5.92 Å². The summed E-state index contributed by atoms with van der Waals surface area (Å²) in [5.41, 5.74) is -3.09. The molecule has 0 saturated heterocycles. The maximum atomic E-state index is 13.2. The normalized spacial score (nSPS) is 21.4. The first-order chi connectivity index (χ1) is 7.96. The molecule has 1 aliphatic rings. The van der Waals surface area contributed by atoms with E-state index in [9.17, 15) is 18.3 Å². The van der Waals surface area contributed by atoms with Crippen LogP contribution in [0.5, 0.6) is 0 Å². The number of pyridine rings is 1. The van der Waals surface area contributed by atoms with Gasteiger partial charge < -0.3 is 5.11 Å². The fraction of sp³-hybridized carbons (Fsp3) is 0.583. The fourth-order valence-electron chi connectivity index (χ4n) is 2.52. The summed E-state index contributed by atoms with van der Waals surface area (Å²) in [6.45, 7) is 0. The number of halogens is 3. The van der Waals surface area contributed by atoms with Crippen LogP contribution in [0.1, 0.15) is 31.4 Å². The molecule has 1 fully saturated rings. The van der Waals surface area contributed by atoms with Crippen LogP contribution >= 0.6 is 0 Å². The van der Waals surface area contributed by atoms with Gasteiger partial charge in [0.2, 0.25) is 5.60 Å². The number of alkyl halides is 3. The predicted octanol–water partition coefficient (Wildman–Crippen LogP) is 3.02. The Morgan fingerprint density at radius 1 is 1.18 bits per heavy atom. The second-order valence-corrected chi connectivity index (χ2v) is 4.46. The maximum Gasteiger partial charge on any atom is 0.423 e. The smallest absolute Gasteiger partial charge is 0.375 e. The van der Waals surface area contributed by atoms with Gasteiger partial charge in [-0.1, -0.05) is 18.9 Å². The quantitative estimate of drug-likeness (QED) is 0.868. The van der Waals surface area contributed by atoms with Crippen LogP contribution in [0.25, 0.3) is 0 Å². The molecule has 2 rings (SSSR count). The molecule has 17 heavy (non-hydrogen) atoms. The van der Waals surface area contributed by atoms with Crippen LogP contribution in [0.3, 0.4) is 0 Å². The molecule has 0 bridgehead atoms. The first-order valence-electron chi connectivity index (χ1n) is 5.67. The van der Waals surface area contributed by atoms with Gasteiger partial charge in [0.25, 0.3) is 0 Å². The van der Waals surface area contributed by atoms with E-state index in [0.717, 1.165) is 12.8 Å². The zero-order valence-electron chi connectivity index (χ0n) is 9.24. The first-order valence-corrected chi connectivity index (χ1v) is 5.67. The maximum absolute atomic E-state index is 13.2. The molecule has 0 aliphatic heterocycles.